The number of aromatic amines is 1. The number of fused-ring (bicyclic) bond motifs is 1. The van der Waals surface area contributed by atoms with E-state index in [1.54, 1.807) is 23.0 Å². The van der Waals surface area contributed by atoms with E-state index in [0.717, 1.165) is 11.3 Å². The van der Waals surface area contributed by atoms with E-state index in [1.807, 2.05) is 37.3 Å². The maximum atomic E-state index is 13.4. The summed E-state index contributed by atoms with van der Waals surface area (Å²) >= 11 is 5.97. The molecule has 0 aliphatic heterocycles. The quantitative estimate of drug-likeness (QED) is 0.338. The standard InChI is InChI=1S/C22H18ClFN8/c1-13-10-19(31-30-13)27-20-18-12-26-32(17-8-6-16(24)7-9-17)21(18)29-22(28-20)25-11-14-2-4-15(23)5-3-14/h2-10,12H,11H2,1H3,(H3,25,27,28,29,30,31). The molecule has 0 radical (unpaired) electrons. The molecule has 0 aliphatic rings. The number of halogens is 2. The lowest BCUT2D eigenvalue weighted by molar-refractivity contribution is 0.627. The van der Waals surface area contributed by atoms with Crippen molar-refractivity contribution in [2.45, 2.75) is 13.5 Å². The van der Waals surface area contributed by atoms with Gasteiger partial charge in [0.25, 0.3) is 0 Å². The van der Waals surface area contributed by atoms with Crippen molar-refractivity contribution in [3.05, 3.63) is 82.9 Å². The van der Waals surface area contributed by atoms with Gasteiger partial charge in [0.15, 0.2) is 11.5 Å². The molecule has 0 saturated heterocycles. The van der Waals surface area contributed by atoms with Crippen LogP contribution in [0.25, 0.3) is 16.7 Å². The zero-order valence-electron chi connectivity index (χ0n) is 17.0. The number of benzene rings is 2. The molecular formula is C22H18ClFN8. The highest BCUT2D eigenvalue weighted by molar-refractivity contribution is 6.30. The lowest BCUT2D eigenvalue weighted by Gasteiger charge is -2.10. The Kier molecular flexibility index (Phi) is 5.16. The summed E-state index contributed by atoms with van der Waals surface area (Å²) in [6.45, 7) is 2.42. The molecule has 0 fully saturated rings. The second kappa shape index (κ2) is 8.27. The van der Waals surface area contributed by atoms with Gasteiger partial charge in [0.1, 0.15) is 11.6 Å². The van der Waals surface area contributed by atoms with Crippen molar-refractivity contribution in [1.29, 1.82) is 0 Å². The number of anilines is 3. The highest BCUT2D eigenvalue weighted by atomic mass is 35.5. The van der Waals surface area contributed by atoms with Crippen molar-refractivity contribution < 1.29 is 4.39 Å². The third-order valence-electron chi connectivity index (χ3n) is 4.82. The second-order valence-corrected chi connectivity index (χ2v) is 7.64. The lowest BCUT2D eigenvalue weighted by atomic mass is 10.2. The molecule has 3 N–H and O–H groups in total. The smallest absolute Gasteiger partial charge is 0.227 e. The van der Waals surface area contributed by atoms with Crippen LogP contribution in [-0.2, 0) is 6.54 Å². The molecular weight excluding hydrogens is 431 g/mol. The maximum Gasteiger partial charge on any atom is 0.227 e. The van der Waals surface area contributed by atoms with Crippen LogP contribution in [0.15, 0.2) is 60.8 Å². The number of H-pyrrole nitrogens is 1. The van der Waals surface area contributed by atoms with E-state index in [4.69, 9.17) is 11.6 Å². The summed E-state index contributed by atoms with van der Waals surface area (Å²) in [5, 5.41) is 19.4. The molecule has 0 bridgehead atoms. The van der Waals surface area contributed by atoms with Crippen LogP contribution in [0, 0.1) is 12.7 Å². The molecule has 0 aliphatic carbocycles. The molecule has 160 valence electrons. The Morgan fingerprint density at radius 1 is 1.06 bits per heavy atom. The van der Waals surface area contributed by atoms with Crippen molar-refractivity contribution in [2.24, 2.45) is 0 Å². The number of hydrogen-bond donors (Lipinski definition) is 3. The van der Waals surface area contributed by atoms with Crippen molar-refractivity contribution in [3.63, 3.8) is 0 Å². The molecule has 32 heavy (non-hydrogen) atoms. The van der Waals surface area contributed by atoms with Crippen LogP contribution in [0.4, 0.5) is 22.0 Å². The van der Waals surface area contributed by atoms with Crippen LogP contribution < -0.4 is 10.6 Å². The van der Waals surface area contributed by atoms with Gasteiger partial charge >= 0.3 is 0 Å². The molecule has 2 aromatic carbocycles. The largest absolute Gasteiger partial charge is 0.350 e. The van der Waals surface area contributed by atoms with Crippen LogP contribution in [0.5, 0.6) is 0 Å². The SMILES string of the molecule is Cc1cc(Nc2nc(NCc3ccc(Cl)cc3)nc3c2cnn3-c2ccc(F)cc2)n[nH]1. The van der Waals surface area contributed by atoms with Gasteiger partial charge in [-0.3, -0.25) is 5.10 Å². The molecule has 5 rings (SSSR count). The molecule has 8 nitrogen and oxygen atoms in total. The van der Waals surface area contributed by atoms with Gasteiger partial charge in [-0.2, -0.15) is 20.2 Å². The summed E-state index contributed by atoms with van der Waals surface area (Å²) in [4.78, 5) is 9.30. The van der Waals surface area contributed by atoms with Gasteiger partial charge in [0.05, 0.1) is 17.3 Å². The van der Waals surface area contributed by atoms with Gasteiger partial charge in [-0.1, -0.05) is 23.7 Å². The minimum absolute atomic E-state index is 0.318. The number of nitrogens with one attached hydrogen (secondary N) is 3. The predicted molar refractivity (Wildman–Crippen MR) is 122 cm³/mol. The molecule has 10 heteroatoms. The van der Waals surface area contributed by atoms with E-state index in [-0.39, 0.29) is 5.82 Å². The van der Waals surface area contributed by atoms with E-state index in [9.17, 15) is 4.39 Å². The second-order valence-electron chi connectivity index (χ2n) is 7.21. The Bertz CT molecular complexity index is 1380. The Morgan fingerprint density at radius 2 is 1.84 bits per heavy atom. The van der Waals surface area contributed by atoms with Crippen molar-refractivity contribution in [2.75, 3.05) is 10.6 Å². The third kappa shape index (κ3) is 4.10. The number of aryl methyl sites for hydroxylation is 1. The third-order valence-corrected chi connectivity index (χ3v) is 5.07. The highest BCUT2D eigenvalue weighted by Crippen LogP contribution is 2.27. The van der Waals surface area contributed by atoms with Gasteiger partial charge in [-0.15, -0.1) is 0 Å². The van der Waals surface area contributed by atoms with Crippen LogP contribution in [0.1, 0.15) is 11.3 Å². The van der Waals surface area contributed by atoms with E-state index in [2.05, 4.69) is 35.9 Å². The summed E-state index contributed by atoms with van der Waals surface area (Å²) in [5.74, 6) is 1.27. The molecule has 0 amide bonds. The first-order valence-corrected chi connectivity index (χ1v) is 10.2. The number of rotatable bonds is 6. The first-order chi connectivity index (χ1) is 15.5. The van der Waals surface area contributed by atoms with E-state index >= 15 is 0 Å². The monoisotopic (exact) mass is 448 g/mol. The van der Waals surface area contributed by atoms with Gasteiger partial charge in [-0.05, 0) is 48.9 Å². The fourth-order valence-electron chi connectivity index (χ4n) is 3.24. The normalized spacial score (nSPS) is 11.1. The van der Waals surface area contributed by atoms with Crippen LogP contribution in [0.2, 0.25) is 5.02 Å². The maximum absolute atomic E-state index is 13.4. The zero-order chi connectivity index (χ0) is 22.1. The first-order valence-electron chi connectivity index (χ1n) is 9.84. The molecule has 0 unspecified atom stereocenters. The fourth-order valence-corrected chi connectivity index (χ4v) is 3.37. The summed E-state index contributed by atoms with van der Waals surface area (Å²) in [7, 11) is 0. The minimum Gasteiger partial charge on any atom is -0.350 e. The summed E-state index contributed by atoms with van der Waals surface area (Å²) in [6.07, 6.45) is 1.67. The highest BCUT2D eigenvalue weighted by Gasteiger charge is 2.15. The average molecular weight is 449 g/mol. The van der Waals surface area contributed by atoms with E-state index < -0.39 is 0 Å². The Labute approximate surface area is 187 Å². The Morgan fingerprint density at radius 3 is 2.56 bits per heavy atom. The molecule has 3 aromatic heterocycles. The van der Waals surface area contributed by atoms with Gasteiger partial charge < -0.3 is 10.6 Å². The topological polar surface area (TPSA) is 96.3 Å². The summed E-state index contributed by atoms with van der Waals surface area (Å²) in [6, 6.07) is 15.5. The predicted octanol–water partition coefficient (Wildman–Crippen LogP) is 5.00. The van der Waals surface area contributed by atoms with E-state index in [0.29, 0.717) is 45.9 Å². The fraction of sp³-hybridized carbons (Fsp3) is 0.0909. The zero-order valence-corrected chi connectivity index (χ0v) is 17.7. The summed E-state index contributed by atoms with van der Waals surface area (Å²) < 4.78 is 15.1. The molecule has 0 atom stereocenters. The van der Waals surface area contributed by atoms with E-state index in [1.165, 1.54) is 12.1 Å². The molecule has 0 saturated carbocycles. The minimum atomic E-state index is -0.318. The number of aromatic nitrogens is 6. The van der Waals surface area contributed by atoms with Crippen molar-refractivity contribution >= 4 is 40.2 Å². The van der Waals surface area contributed by atoms with Crippen LogP contribution >= 0.6 is 11.6 Å². The molecule has 3 heterocycles. The number of nitrogens with zero attached hydrogens (tertiary/aromatic N) is 5. The molecule has 5 aromatic rings. The van der Waals surface area contributed by atoms with Gasteiger partial charge in [-0.25, -0.2) is 9.07 Å². The number of hydrogen-bond acceptors (Lipinski definition) is 6. The summed E-state index contributed by atoms with van der Waals surface area (Å²) in [5.41, 5.74) is 3.20. The van der Waals surface area contributed by atoms with Crippen LogP contribution in [0.3, 0.4) is 0 Å². The Hall–Kier alpha value is -3.98. The Balaban J connectivity index is 1.55. The average Bonchev–Trinajstić information content (AvgIpc) is 3.40. The lowest BCUT2D eigenvalue weighted by Crippen LogP contribution is -2.07. The molecule has 0 spiro atoms. The van der Waals surface area contributed by atoms with Crippen molar-refractivity contribution in [3.8, 4) is 5.69 Å². The van der Waals surface area contributed by atoms with Gasteiger partial charge in [0, 0.05) is 23.3 Å². The first kappa shape index (κ1) is 20.0. The van der Waals surface area contributed by atoms with Gasteiger partial charge in [0.2, 0.25) is 5.95 Å². The van der Waals surface area contributed by atoms with Crippen LogP contribution in [-0.4, -0.2) is 29.9 Å². The van der Waals surface area contributed by atoms with Crippen molar-refractivity contribution in [1.82, 2.24) is 29.9 Å².